The average Bonchev–Trinajstić information content (AvgIpc) is 2.73. The number of nitrogen functional groups attached to an aromatic ring is 1. The van der Waals surface area contributed by atoms with Crippen molar-refractivity contribution < 1.29 is 8.42 Å². The maximum atomic E-state index is 12.1. The van der Waals surface area contributed by atoms with Crippen molar-refractivity contribution in [3.05, 3.63) is 6.33 Å². The molecule has 0 amide bonds. The number of aryl methyl sites for hydroxylation is 1. The van der Waals surface area contributed by atoms with E-state index in [-0.39, 0.29) is 16.9 Å². The molecule has 2 unspecified atom stereocenters. The summed E-state index contributed by atoms with van der Waals surface area (Å²) in [5.74, 6) is 0.623. The molecule has 0 aliphatic heterocycles. The predicted octanol–water partition coefficient (Wildman–Crippen LogP) is 0.469. The number of rotatable bonds is 3. The van der Waals surface area contributed by atoms with Crippen molar-refractivity contribution in [1.29, 1.82) is 0 Å². The number of nitrogens with one attached hydrogen (secondary N) is 1. The van der Waals surface area contributed by atoms with Crippen LogP contribution in [0.3, 0.4) is 0 Å². The Kier molecular flexibility index (Phi) is 3.13. The Morgan fingerprint density at radius 2 is 2.24 bits per heavy atom. The largest absolute Gasteiger partial charge is 0.381 e. The second-order valence-electron chi connectivity index (χ2n) is 4.78. The summed E-state index contributed by atoms with van der Waals surface area (Å²) in [5.41, 5.74) is 5.58. The Morgan fingerprint density at radius 3 is 2.71 bits per heavy atom. The van der Waals surface area contributed by atoms with Gasteiger partial charge in [-0.3, -0.25) is 0 Å². The van der Waals surface area contributed by atoms with E-state index in [0.29, 0.717) is 5.92 Å². The predicted molar refractivity (Wildman–Crippen MR) is 64.7 cm³/mol. The van der Waals surface area contributed by atoms with Crippen LogP contribution in [-0.2, 0) is 17.1 Å². The van der Waals surface area contributed by atoms with Crippen molar-refractivity contribution in [2.75, 3.05) is 5.73 Å². The topological polar surface area (TPSA) is 90.0 Å². The van der Waals surface area contributed by atoms with Crippen LogP contribution in [0.15, 0.2) is 11.4 Å². The Balaban J connectivity index is 2.20. The molecule has 2 rings (SSSR count). The van der Waals surface area contributed by atoms with E-state index in [9.17, 15) is 8.42 Å². The zero-order valence-electron chi connectivity index (χ0n) is 10.0. The molecular weight excluding hydrogens is 240 g/mol. The van der Waals surface area contributed by atoms with Gasteiger partial charge < -0.3 is 10.3 Å². The molecule has 0 saturated heterocycles. The van der Waals surface area contributed by atoms with Crippen molar-refractivity contribution in [1.82, 2.24) is 14.3 Å². The van der Waals surface area contributed by atoms with E-state index in [0.717, 1.165) is 19.3 Å². The molecule has 17 heavy (non-hydrogen) atoms. The Hall–Kier alpha value is -1.08. The third-order valence-corrected chi connectivity index (χ3v) is 4.83. The van der Waals surface area contributed by atoms with E-state index in [2.05, 4.69) is 16.6 Å². The number of imidazole rings is 1. The molecule has 1 aromatic heterocycles. The van der Waals surface area contributed by atoms with Gasteiger partial charge in [0.25, 0.3) is 10.0 Å². The van der Waals surface area contributed by atoms with Crippen molar-refractivity contribution in [3.63, 3.8) is 0 Å². The standard InChI is InChI=1S/C10H18N4O2S/c1-7-3-4-8(5-7)13-17(15,16)10-9(11)12-6-14(10)2/h6-8,13H,3-5,11H2,1-2H3. The lowest BCUT2D eigenvalue weighted by Crippen LogP contribution is -2.34. The molecule has 6 nitrogen and oxygen atoms in total. The molecule has 7 heteroatoms. The second kappa shape index (κ2) is 4.30. The van der Waals surface area contributed by atoms with Crippen LogP contribution < -0.4 is 10.5 Å². The molecule has 0 radical (unpaired) electrons. The molecule has 3 N–H and O–H groups in total. The molecule has 1 aliphatic rings. The van der Waals surface area contributed by atoms with Crippen LogP contribution in [0.5, 0.6) is 0 Å². The molecule has 1 saturated carbocycles. The van der Waals surface area contributed by atoms with Crippen LogP contribution in [0.2, 0.25) is 0 Å². The lowest BCUT2D eigenvalue weighted by molar-refractivity contribution is 0.532. The van der Waals surface area contributed by atoms with Gasteiger partial charge in [0.1, 0.15) is 0 Å². The van der Waals surface area contributed by atoms with E-state index >= 15 is 0 Å². The van der Waals surface area contributed by atoms with Crippen LogP contribution in [0, 0.1) is 5.92 Å². The Morgan fingerprint density at radius 1 is 1.53 bits per heavy atom. The van der Waals surface area contributed by atoms with Gasteiger partial charge in [0.15, 0.2) is 10.8 Å². The molecule has 1 aromatic rings. The summed E-state index contributed by atoms with van der Waals surface area (Å²) in [6, 6.07) is 0.0179. The fourth-order valence-corrected chi connectivity index (χ4v) is 3.87. The highest BCUT2D eigenvalue weighted by atomic mass is 32.2. The minimum absolute atomic E-state index is 0.0179. The summed E-state index contributed by atoms with van der Waals surface area (Å²) in [4.78, 5) is 3.79. The third kappa shape index (κ3) is 2.44. The summed E-state index contributed by atoms with van der Waals surface area (Å²) in [6.07, 6.45) is 4.24. The maximum Gasteiger partial charge on any atom is 0.260 e. The van der Waals surface area contributed by atoms with E-state index < -0.39 is 10.0 Å². The van der Waals surface area contributed by atoms with Crippen LogP contribution in [0.1, 0.15) is 26.2 Å². The van der Waals surface area contributed by atoms with Crippen LogP contribution in [0.25, 0.3) is 0 Å². The minimum atomic E-state index is -3.56. The zero-order valence-corrected chi connectivity index (χ0v) is 10.9. The van der Waals surface area contributed by atoms with E-state index in [4.69, 9.17) is 5.73 Å². The Bertz CT molecular complexity index is 489. The lowest BCUT2D eigenvalue weighted by Gasteiger charge is -2.13. The number of aromatic nitrogens is 2. The molecule has 2 atom stereocenters. The lowest BCUT2D eigenvalue weighted by atomic mass is 10.1. The smallest absolute Gasteiger partial charge is 0.260 e. The van der Waals surface area contributed by atoms with Crippen molar-refractivity contribution in [2.45, 2.75) is 37.3 Å². The number of anilines is 1. The highest BCUT2D eigenvalue weighted by molar-refractivity contribution is 7.89. The number of hydrogen-bond acceptors (Lipinski definition) is 4. The summed E-state index contributed by atoms with van der Waals surface area (Å²) < 4.78 is 28.4. The monoisotopic (exact) mass is 258 g/mol. The van der Waals surface area contributed by atoms with Gasteiger partial charge in [-0.2, -0.15) is 0 Å². The van der Waals surface area contributed by atoms with Gasteiger partial charge >= 0.3 is 0 Å². The van der Waals surface area contributed by atoms with E-state index in [1.807, 2.05) is 0 Å². The van der Waals surface area contributed by atoms with Crippen molar-refractivity contribution in [3.8, 4) is 0 Å². The molecular formula is C10H18N4O2S. The fraction of sp³-hybridized carbons (Fsp3) is 0.700. The Labute approximate surface area is 101 Å². The molecule has 96 valence electrons. The van der Waals surface area contributed by atoms with Gasteiger partial charge in [0.2, 0.25) is 0 Å². The number of hydrogen-bond donors (Lipinski definition) is 2. The maximum absolute atomic E-state index is 12.1. The summed E-state index contributed by atoms with van der Waals surface area (Å²) in [5, 5.41) is 0.0528. The number of nitrogens with two attached hydrogens (primary N) is 1. The number of nitrogens with zero attached hydrogens (tertiary/aromatic N) is 2. The second-order valence-corrected chi connectivity index (χ2v) is 6.41. The van der Waals surface area contributed by atoms with Crippen LogP contribution in [0.4, 0.5) is 5.82 Å². The fourth-order valence-electron chi connectivity index (χ4n) is 2.35. The first-order chi connectivity index (χ1) is 7.90. The summed E-state index contributed by atoms with van der Waals surface area (Å²) in [6.45, 7) is 2.13. The van der Waals surface area contributed by atoms with Crippen molar-refractivity contribution >= 4 is 15.8 Å². The van der Waals surface area contributed by atoms with Gasteiger partial charge in [-0.05, 0) is 25.2 Å². The normalized spacial score (nSPS) is 25.3. The third-order valence-electron chi connectivity index (χ3n) is 3.18. The van der Waals surface area contributed by atoms with Gasteiger partial charge in [-0.1, -0.05) is 6.92 Å². The SMILES string of the molecule is CC1CCC(NS(=O)(=O)c2c(N)ncn2C)C1. The molecule has 1 fully saturated rings. The quantitative estimate of drug-likeness (QED) is 0.824. The molecule has 0 spiro atoms. The van der Waals surface area contributed by atoms with Gasteiger partial charge in [-0.15, -0.1) is 0 Å². The first-order valence-electron chi connectivity index (χ1n) is 5.69. The molecule has 0 bridgehead atoms. The van der Waals surface area contributed by atoms with Gasteiger partial charge in [0, 0.05) is 13.1 Å². The summed E-state index contributed by atoms with van der Waals surface area (Å²) >= 11 is 0. The highest BCUT2D eigenvalue weighted by Gasteiger charge is 2.29. The van der Waals surface area contributed by atoms with Crippen LogP contribution in [-0.4, -0.2) is 24.0 Å². The summed E-state index contributed by atoms with van der Waals surface area (Å²) in [7, 11) is -1.94. The van der Waals surface area contributed by atoms with Crippen LogP contribution >= 0.6 is 0 Å². The van der Waals surface area contributed by atoms with Gasteiger partial charge in [0.05, 0.1) is 6.33 Å². The van der Waals surface area contributed by atoms with E-state index in [1.165, 1.54) is 10.9 Å². The first-order valence-corrected chi connectivity index (χ1v) is 7.17. The zero-order chi connectivity index (χ0) is 12.6. The van der Waals surface area contributed by atoms with Crippen molar-refractivity contribution in [2.24, 2.45) is 13.0 Å². The molecule has 0 aromatic carbocycles. The molecule has 1 aliphatic carbocycles. The van der Waals surface area contributed by atoms with E-state index in [1.54, 1.807) is 7.05 Å². The molecule has 1 heterocycles. The van der Waals surface area contributed by atoms with Gasteiger partial charge in [-0.25, -0.2) is 18.1 Å². The minimum Gasteiger partial charge on any atom is -0.381 e. The number of sulfonamides is 1. The highest BCUT2D eigenvalue weighted by Crippen LogP contribution is 2.26. The average molecular weight is 258 g/mol. The first kappa shape index (κ1) is 12.4.